The molecular weight excluding hydrogens is 239 g/mol. The summed E-state index contributed by atoms with van der Waals surface area (Å²) >= 11 is 0. The normalized spacial score (nSPS) is 20.7. The average Bonchev–Trinajstić information content (AvgIpc) is 2.97. The lowest BCUT2D eigenvalue weighted by Crippen LogP contribution is -2.36. The molecule has 3 heteroatoms. The first-order chi connectivity index (χ1) is 9.15. The maximum absolute atomic E-state index is 13.4. The number of aromatic nitrogens is 1. The molecule has 0 spiro atoms. The number of H-pyrrole nitrogens is 1. The van der Waals surface area contributed by atoms with Crippen molar-refractivity contribution in [3.05, 3.63) is 35.8 Å². The molecule has 1 fully saturated rings. The van der Waals surface area contributed by atoms with Gasteiger partial charge >= 0.3 is 0 Å². The summed E-state index contributed by atoms with van der Waals surface area (Å²) in [6.07, 6.45) is 5.59. The van der Waals surface area contributed by atoms with Crippen LogP contribution >= 0.6 is 0 Å². The number of hydrogen-bond acceptors (Lipinski definition) is 1. The van der Waals surface area contributed by atoms with Crippen LogP contribution in [0, 0.1) is 5.82 Å². The van der Waals surface area contributed by atoms with Gasteiger partial charge in [-0.05, 0) is 63.4 Å². The minimum atomic E-state index is -0.152. The molecule has 1 unspecified atom stereocenters. The molecule has 1 aliphatic heterocycles. The molecule has 0 radical (unpaired) electrons. The van der Waals surface area contributed by atoms with Crippen molar-refractivity contribution in [1.29, 1.82) is 0 Å². The van der Waals surface area contributed by atoms with E-state index in [2.05, 4.69) is 23.7 Å². The zero-order valence-electron chi connectivity index (χ0n) is 11.6. The van der Waals surface area contributed by atoms with Gasteiger partial charge in [0.15, 0.2) is 0 Å². The first-order valence-electron chi connectivity index (χ1n) is 7.16. The van der Waals surface area contributed by atoms with Crippen molar-refractivity contribution in [1.82, 2.24) is 9.88 Å². The molecule has 1 aromatic carbocycles. The van der Waals surface area contributed by atoms with Gasteiger partial charge in [0.05, 0.1) is 0 Å². The van der Waals surface area contributed by atoms with Crippen LogP contribution in [0.4, 0.5) is 4.39 Å². The fraction of sp³-hybridized carbons (Fsp3) is 0.500. The lowest BCUT2D eigenvalue weighted by Gasteiger charge is -2.28. The number of hydrogen-bond donors (Lipinski definition) is 1. The number of nitrogens with one attached hydrogen (secondary N) is 1. The molecule has 3 rings (SSSR count). The minimum Gasteiger partial charge on any atom is -0.361 e. The van der Waals surface area contributed by atoms with E-state index in [1.165, 1.54) is 31.0 Å². The van der Waals surface area contributed by atoms with E-state index in [1.807, 2.05) is 12.3 Å². The number of aromatic amines is 1. The molecule has 0 aliphatic carbocycles. The van der Waals surface area contributed by atoms with Gasteiger partial charge in [0.1, 0.15) is 5.82 Å². The first kappa shape index (κ1) is 12.7. The Bertz CT molecular complexity index is 573. The predicted molar refractivity (Wildman–Crippen MR) is 76.8 cm³/mol. The molecule has 2 nitrogen and oxygen atoms in total. The van der Waals surface area contributed by atoms with Crippen LogP contribution in [0.1, 0.15) is 32.3 Å². The Morgan fingerprint density at radius 3 is 3.05 bits per heavy atom. The molecular formula is C16H21FN2. The third-order valence-electron chi connectivity index (χ3n) is 4.27. The van der Waals surface area contributed by atoms with Crippen molar-refractivity contribution in [2.24, 2.45) is 0 Å². The fourth-order valence-electron chi connectivity index (χ4n) is 3.33. The summed E-state index contributed by atoms with van der Waals surface area (Å²) in [6.45, 7) is 5.71. The van der Waals surface area contributed by atoms with Gasteiger partial charge in [0.2, 0.25) is 0 Å². The van der Waals surface area contributed by atoms with E-state index in [1.54, 1.807) is 6.07 Å². The van der Waals surface area contributed by atoms with Gasteiger partial charge in [-0.3, -0.25) is 4.90 Å². The van der Waals surface area contributed by atoms with Gasteiger partial charge in [0.25, 0.3) is 0 Å². The molecule has 1 aromatic heterocycles. The van der Waals surface area contributed by atoms with Crippen molar-refractivity contribution in [3.63, 3.8) is 0 Å². The van der Waals surface area contributed by atoms with E-state index >= 15 is 0 Å². The van der Waals surface area contributed by atoms with Gasteiger partial charge in [-0.15, -0.1) is 0 Å². The molecule has 1 N–H and O–H groups in total. The molecule has 2 aromatic rings. The molecule has 1 saturated heterocycles. The maximum Gasteiger partial charge on any atom is 0.123 e. The number of likely N-dealkylation sites (tertiary alicyclic amines) is 1. The van der Waals surface area contributed by atoms with E-state index in [0.29, 0.717) is 12.1 Å². The number of halogens is 1. The summed E-state index contributed by atoms with van der Waals surface area (Å²) in [6, 6.07) is 6.17. The van der Waals surface area contributed by atoms with Crippen LogP contribution in [-0.4, -0.2) is 28.5 Å². The number of fused-ring (bicyclic) bond motifs is 1. The lowest BCUT2D eigenvalue weighted by molar-refractivity contribution is 0.203. The summed E-state index contributed by atoms with van der Waals surface area (Å²) in [4.78, 5) is 5.82. The number of nitrogens with zero attached hydrogens (tertiary/aromatic N) is 1. The van der Waals surface area contributed by atoms with Crippen LogP contribution < -0.4 is 0 Å². The summed E-state index contributed by atoms with van der Waals surface area (Å²) < 4.78 is 13.4. The Balaban J connectivity index is 1.87. The van der Waals surface area contributed by atoms with E-state index in [4.69, 9.17) is 0 Å². The highest BCUT2D eigenvalue weighted by atomic mass is 19.1. The minimum absolute atomic E-state index is 0.152. The topological polar surface area (TPSA) is 19.0 Å². The zero-order valence-corrected chi connectivity index (χ0v) is 11.6. The van der Waals surface area contributed by atoms with Crippen molar-refractivity contribution in [2.75, 3.05) is 6.54 Å². The molecule has 102 valence electrons. The van der Waals surface area contributed by atoms with Crippen LogP contribution in [0.3, 0.4) is 0 Å². The summed E-state index contributed by atoms with van der Waals surface area (Å²) in [5.74, 6) is -0.152. The predicted octanol–water partition coefficient (Wildman–Crippen LogP) is 3.72. The first-order valence-corrected chi connectivity index (χ1v) is 7.16. The summed E-state index contributed by atoms with van der Waals surface area (Å²) in [5.41, 5.74) is 2.28. The standard InChI is InChI=1S/C16H21FN2/c1-11(2)19-7-3-4-14(19)8-12-10-18-16-6-5-13(17)9-15(12)16/h5-6,9-11,14,18H,3-4,7-8H2,1-2H3. The van der Waals surface area contributed by atoms with Crippen molar-refractivity contribution < 1.29 is 4.39 Å². The van der Waals surface area contributed by atoms with E-state index in [0.717, 1.165) is 17.3 Å². The molecule has 2 heterocycles. The highest BCUT2D eigenvalue weighted by Gasteiger charge is 2.27. The van der Waals surface area contributed by atoms with E-state index in [9.17, 15) is 4.39 Å². The summed E-state index contributed by atoms with van der Waals surface area (Å²) in [5, 5.41) is 1.04. The summed E-state index contributed by atoms with van der Waals surface area (Å²) in [7, 11) is 0. The monoisotopic (exact) mass is 260 g/mol. The smallest absolute Gasteiger partial charge is 0.123 e. The van der Waals surface area contributed by atoms with Crippen LogP contribution in [0.15, 0.2) is 24.4 Å². The molecule has 1 aliphatic rings. The largest absolute Gasteiger partial charge is 0.361 e. The SMILES string of the molecule is CC(C)N1CCCC1Cc1c[nH]c2ccc(F)cc12. The Kier molecular flexibility index (Phi) is 3.31. The van der Waals surface area contributed by atoms with Crippen molar-refractivity contribution in [2.45, 2.75) is 45.2 Å². The van der Waals surface area contributed by atoms with Crippen LogP contribution in [0.2, 0.25) is 0 Å². The molecule has 1 atom stereocenters. The third kappa shape index (κ3) is 2.39. The van der Waals surface area contributed by atoms with Crippen molar-refractivity contribution >= 4 is 10.9 Å². The van der Waals surface area contributed by atoms with E-state index < -0.39 is 0 Å². The molecule has 0 amide bonds. The van der Waals surface area contributed by atoms with Crippen LogP contribution in [0.25, 0.3) is 10.9 Å². The van der Waals surface area contributed by atoms with Crippen molar-refractivity contribution in [3.8, 4) is 0 Å². The molecule has 0 saturated carbocycles. The average molecular weight is 260 g/mol. The van der Waals surface area contributed by atoms with Gasteiger partial charge in [-0.25, -0.2) is 4.39 Å². The van der Waals surface area contributed by atoms with Crippen LogP contribution in [0.5, 0.6) is 0 Å². The molecule has 0 bridgehead atoms. The van der Waals surface area contributed by atoms with E-state index in [-0.39, 0.29) is 5.82 Å². The Labute approximate surface area is 113 Å². The van der Waals surface area contributed by atoms with Gasteiger partial charge in [0, 0.05) is 29.2 Å². The molecule has 19 heavy (non-hydrogen) atoms. The third-order valence-corrected chi connectivity index (χ3v) is 4.27. The highest BCUT2D eigenvalue weighted by molar-refractivity contribution is 5.83. The van der Waals surface area contributed by atoms with Gasteiger partial charge < -0.3 is 4.98 Å². The second-order valence-corrected chi connectivity index (χ2v) is 5.84. The lowest BCUT2D eigenvalue weighted by atomic mass is 10.0. The number of rotatable bonds is 3. The number of benzene rings is 1. The quantitative estimate of drug-likeness (QED) is 0.891. The van der Waals surface area contributed by atoms with Gasteiger partial charge in [-0.1, -0.05) is 0 Å². The Hall–Kier alpha value is -1.35. The second-order valence-electron chi connectivity index (χ2n) is 5.84. The van der Waals surface area contributed by atoms with Crippen LogP contribution in [-0.2, 0) is 6.42 Å². The maximum atomic E-state index is 13.4. The second kappa shape index (κ2) is 4.97. The Morgan fingerprint density at radius 2 is 2.26 bits per heavy atom. The van der Waals surface area contributed by atoms with Gasteiger partial charge in [-0.2, -0.15) is 0 Å². The zero-order chi connectivity index (χ0) is 13.4. The highest BCUT2D eigenvalue weighted by Crippen LogP contribution is 2.27. The Morgan fingerprint density at radius 1 is 1.42 bits per heavy atom. The fourth-order valence-corrected chi connectivity index (χ4v) is 3.33.